The van der Waals surface area contributed by atoms with Gasteiger partial charge in [0.15, 0.2) is 0 Å². The van der Waals surface area contributed by atoms with Gasteiger partial charge in [0, 0.05) is 32.0 Å². The molecule has 0 spiro atoms. The van der Waals surface area contributed by atoms with E-state index in [9.17, 15) is 4.79 Å². The first kappa shape index (κ1) is 15.8. The van der Waals surface area contributed by atoms with Crippen molar-refractivity contribution in [2.45, 2.75) is 39.3 Å². The SMILES string of the molecule is CCCCn1ncc(NCCCn2cccn2)c(Br)c1=O. The third-order valence-corrected chi connectivity index (χ3v) is 3.91. The second kappa shape index (κ2) is 7.97. The molecule has 0 aliphatic rings. The average molecular weight is 354 g/mol. The molecule has 2 aromatic rings. The number of anilines is 1. The first-order valence-electron chi connectivity index (χ1n) is 7.19. The summed E-state index contributed by atoms with van der Waals surface area (Å²) in [7, 11) is 0. The zero-order valence-electron chi connectivity index (χ0n) is 12.1. The summed E-state index contributed by atoms with van der Waals surface area (Å²) in [4.78, 5) is 12.1. The Morgan fingerprint density at radius 1 is 1.29 bits per heavy atom. The third-order valence-electron chi connectivity index (χ3n) is 3.15. The summed E-state index contributed by atoms with van der Waals surface area (Å²) in [6.07, 6.45) is 8.33. The minimum Gasteiger partial charge on any atom is -0.383 e. The first-order chi connectivity index (χ1) is 10.2. The largest absolute Gasteiger partial charge is 0.383 e. The highest BCUT2D eigenvalue weighted by Gasteiger charge is 2.08. The van der Waals surface area contributed by atoms with E-state index in [4.69, 9.17) is 0 Å². The van der Waals surface area contributed by atoms with Gasteiger partial charge < -0.3 is 5.32 Å². The topological polar surface area (TPSA) is 64.7 Å². The quantitative estimate of drug-likeness (QED) is 0.740. The summed E-state index contributed by atoms with van der Waals surface area (Å²) in [6, 6.07) is 1.91. The Bertz CT molecular complexity index is 608. The first-order valence-corrected chi connectivity index (χ1v) is 7.98. The van der Waals surface area contributed by atoms with Crippen LogP contribution in [-0.2, 0) is 13.1 Å². The molecule has 2 rings (SSSR count). The maximum absolute atomic E-state index is 12.1. The van der Waals surface area contributed by atoms with E-state index in [0.29, 0.717) is 11.0 Å². The van der Waals surface area contributed by atoms with Crippen molar-refractivity contribution >= 4 is 21.6 Å². The van der Waals surface area contributed by atoms with Gasteiger partial charge in [0.1, 0.15) is 4.47 Å². The van der Waals surface area contributed by atoms with Crippen LogP contribution in [0.15, 0.2) is 33.9 Å². The van der Waals surface area contributed by atoms with Crippen molar-refractivity contribution in [3.63, 3.8) is 0 Å². The molecule has 0 fully saturated rings. The Labute approximate surface area is 132 Å². The van der Waals surface area contributed by atoms with E-state index in [1.54, 1.807) is 12.4 Å². The molecule has 2 aromatic heterocycles. The molecule has 0 saturated heterocycles. The van der Waals surface area contributed by atoms with Gasteiger partial charge in [0.05, 0.1) is 11.9 Å². The standard InChI is InChI=1S/C14H20BrN5O/c1-2-3-10-20-14(21)13(15)12(11-18-20)16-6-4-8-19-9-5-7-17-19/h5,7,9,11,16H,2-4,6,8,10H2,1H3. The molecule has 0 aliphatic heterocycles. The fraction of sp³-hybridized carbons (Fsp3) is 0.500. The predicted molar refractivity (Wildman–Crippen MR) is 86.4 cm³/mol. The normalized spacial score (nSPS) is 10.8. The highest BCUT2D eigenvalue weighted by Crippen LogP contribution is 2.16. The molecule has 7 heteroatoms. The summed E-state index contributed by atoms with van der Waals surface area (Å²) in [5.74, 6) is 0. The molecule has 0 atom stereocenters. The fourth-order valence-electron chi connectivity index (χ4n) is 1.95. The molecular formula is C14H20BrN5O. The summed E-state index contributed by atoms with van der Waals surface area (Å²) >= 11 is 3.36. The second-order valence-electron chi connectivity index (χ2n) is 4.80. The van der Waals surface area contributed by atoms with Crippen molar-refractivity contribution in [2.75, 3.05) is 11.9 Å². The number of rotatable bonds is 8. The van der Waals surface area contributed by atoms with Gasteiger partial charge in [-0.05, 0) is 34.8 Å². The predicted octanol–water partition coefficient (Wildman–Crippen LogP) is 2.50. The number of hydrogen-bond donors (Lipinski definition) is 1. The number of aryl methyl sites for hydroxylation is 2. The maximum Gasteiger partial charge on any atom is 0.283 e. The van der Waals surface area contributed by atoms with Crippen LogP contribution >= 0.6 is 15.9 Å². The molecule has 6 nitrogen and oxygen atoms in total. The Hall–Kier alpha value is -1.63. The molecule has 21 heavy (non-hydrogen) atoms. The van der Waals surface area contributed by atoms with Gasteiger partial charge in [0.25, 0.3) is 5.56 Å². The Kier molecular flexibility index (Phi) is 5.98. The minimum absolute atomic E-state index is 0.0828. The fourth-order valence-corrected chi connectivity index (χ4v) is 2.40. The lowest BCUT2D eigenvalue weighted by Gasteiger charge is -2.10. The van der Waals surface area contributed by atoms with E-state index in [1.807, 2.05) is 16.9 Å². The summed E-state index contributed by atoms with van der Waals surface area (Å²) in [5.41, 5.74) is 0.661. The third kappa shape index (κ3) is 4.42. The van der Waals surface area contributed by atoms with Crippen molar-refractivity contribution in [3.05, 3.63) is 39.5 Å². The molecular weight excluding hydrogens is 334 g/mol. The van der Waals surface area contributed by atoms with Crippen molar-refractivity contribution in [2.24, 2.45) is 0 Å². The van der Waals surface area contributed by atoms with Crippen LogP contribution < -0.4 is 10.9 Å². The molecule has 0 amide bonds. The Balaban J connectivity index is 1.88. The minimum atomic E-state index is -0.0828. The summed E-state index contributed by atoms with van der Waals surface area (Å²) < 4.78 is 3.94. The van der Waals surface area contributed by atoms with Crippen LogP contribution in [0.3, 0.4) is 0 Å². The smallest absolute Gasteiger partial charge is 0.283 e. The van der Waals surface area contributed by atoms with Gasteiger partial charge in [-0.1, -0.05) is 13.3 Å². The van der Waals surface area contributed by atoms with Crippen molar-refractivity contribution in [1.29, 1.82) is 0 Å². The number of nitrogens with one attached hydrogen (secondary N) is 1. The van der Waals surface area contributed by atoms with Gasteiger partial charge in [-0.2, -0.15) is 10.2 Å². The molecule has 0 aromatic carbocycles. The van der Waals surface area contributed by atoms with Crippen LogP contribution in [0.2, 0.25) is 0 Å². The van der Waals surface area contributed by atoms with Crippen LogP contribution in [0.25, 0.3) is 0 Å². The lowest BCUT2D eigenvalue weighted by atomic mass is 10.3. The van der Waals surface area contributed by atoms with Gasteiger partial charge in [-0.15, -0.1) is 0 Å². The molecule has 0 radical (unpaired) electrons. The van der Waals surface area contributed by atoms with Crippen LogP contribution in [0.5, 0.6) is 0 Å². The number of nitrogens with zero attached hydrogens (tertiary/aromatic N) is 4. The lowest BCUT2D eigenvalue weighted by molar-refractivity contribution is 0.541. The van der Waals surface area contributed by atoms with Gasteiger partial charge in [-0.3, -0.25) is 9.48 Å². The van der Waals surface area contributed by atoms with Crippen LogP contribution in [0.1, 0.15) is 26.2 Å². The van der Waals surface area contributed by atoms with Crippen molar-refractivity contribution in [1.82, 2.24) is 19.6 Å². The van der Waals surface area contributed by atoms with E-state index in [-0.39, 0.29) is 5.56 Å². The van der Waals surface area contributed by atoms with E-state index in [0.717, 1.165) is 38.0 Å². The van der Waals surface area contributed by atoms with E-state index < -0.39 is 0 Å². The lowest BCUT2D eigenvalue weighted by Crippen LogP contribution is -2.24. The molecule has 1 N–H and O–H groups in total. The van der Waals surface area contributed by atoms with Gasteiger partial charge in [0.2, 0.25) is 0 Å². The number of aromatic nitrogens is 4. The Morgan fingerprint density at radius 2 is 2.14 bits per heavy atom. The molecule has 0 unspecified atom stereocenters. The van der Waals surface area contributed by atoms with Gasteiger partial charge >= 0.3 is 0 Å². The van der Waals surface area contributed by atoms with Crippen LogP contribution in [0, 0.1) is 0 Å². The number of unbranched alkanes of at least 4 members (excludes halogenated alkanes) is 1. The molecule has 0 saturated carbocycles. The van der Waals surface area contributed by atoms with Crippen LogP contribution in [-0.4, -0.2) is 26.1 Å². The molecule has 114 valence electrons. The average Bonchev–Trinajstić information content (AvgIpc) is 3.00. The van der Waals surface area contributed by atoms with Crippen LogP contribution in [0.4, 0.5) is 5.69 Å². The van der Waals surface area contributed by atoms with E-state index in [2.05, 4.69) is 38.4 Å². The van der Waals surface area contributed by atoms with Gasteiger partial charge in [-0.25, -0.2) is 4.68 Å². The summed E-state index contributed by atoms with van der Waals surface area (Å²) in [6.45, 7) is 4.36. The number of halogens is 1. The Morgan fingerprint density at radius 3 is 2.86 bits per heavy atom. The maximum atomic E-state index is 12.1. The molecule has 0 bridgehead atoms. The molecule has 2 heterocycles. The van der Waals surface area contributed by atoms with E-state index in [1.165, 1.54) is 4.68 Å². The monoisotopic (exact) mass is 353 g/mol. The summed E-state index contributed by atoms with van der Waals surface area (Å²) in [5, 5.41) is 11.6. The zero-order valence-corrected chi connectivity index (χ0v) is 13.7. The van der Waals surface area contributed by atoms with Crippen molar-refractivity contribution < 1.29 is 0 Å². The second-order valence-corrected chi connectivity index (χ2v) is 5.60. The molecule has 0 aliphatic carbocycles. The highest BCUT2D eigenvalue weighted by molar-refractivity contribution is 9.10. The van der Waals surface area contributed by atoms with Crippen molar-refractivity contribution in [3.8, 4) is 0 Å². The zero-order chi connectivity index (χ0) is 15.1. The highest BCUT2D eigenvalue weighted by atomic mass is 79.9. The van der Waals surface area contributed by atoms with E-state index >= 15 is 0 Å². The number of hydrogen-bond acceptors (Lipinski definition) is 4.